The van der Waals surface area contributed by atoms with Crippen molar-refractivity contribution in [2.75, 3.05) is 0 Å². The van der Waals surface area contributed by atoms with Gasteiger partial charge >= 0.3 is 0 Å². The van der Waals surface area contributed by atoms with Crippen molar-refractivity contribution in [3.63, 3.8) is 0 Å². The Hall–Kier alpha value is -0.123. The molecule has 3 atom stereocenters. The van der Waals surface area contributed by atoms with Crippen molar-refractivity contribution in [1.82, 2.24) is 0 Å². The van der Waals surface area contributed by atoms with Gasteiger partial charge in [0.2, 0.25) is 8.32 Å². The normalized spacial score (nSPS) is 17.5. The molecule has 3 heteroatoms. The van der Waals surface area contributed by atoms with E-state index in [1.165, 1.54) is 12.8 Å². The van der Waals surface area contributed by atoms with Crippen LogP contribution in [0.3, 0.4) is 0 Å². The molecule has 0 amide bonds. The third kappa shape index (κ3) is 7.01. The summed E-state index contributed by atoms with van der Waals surface area (Å²) in [4.78, 5) is 10.3. The first-order valence-electron chi connectivity index (χ1n) is 6.83. The van der Waals surface area contributed by atoms with Crippen molar-refractivity contribution in [2.24, 2.45) is 5.92 Å². The monoisotopic (exact) mass is 258 g/mol. The molecule has 0 aliphatic rings. The van der Waals surface area contributed by atoms with Gasteiger partial charge in [-0.15, -0.1) is 6.58 Å². The van der Waals surface area contributed by atoms with Crippen LogP contribution in [-0.4, -0.2) is 24.9 Å². The maximum absolute atomic E-state index is 10.3. The van der Waals surface area contributed by atoms with E-state index in [0.717, 1.165) is 12.8 Å². The van der Waals surface area contributed by atoms with Crippen LogP contribution in [0.25, 0.3) is 0 Å². The van der Waals surface area contributed by atoms with Crippen LogP contribution in [0, 0.1) is 5.92 Å². The molecule has 0 aliphatic carbocycles. The molecule has 2 nitrogen and oxygen atoms in total. The van der Waals surface area contributed by atoms with Crippen LogP contribution < -0.4 is 0 Å². The lowest BCUT2D eigenvalue weighted by Crippen LogP contribution is -2.45. The lowest BCUT2D eigenvalue weighted by Gasteiger charge is -2.31. The van der Waals surface area contributed by atoms with Crippen LogP contribution in [0.1, 0.15) is 46.5 Å². The quantitative estimate of drug-likeness (QED) is 0.386. The van der Waals surface area contributed by atoms with Gasteiger partial charge in [0.15, 0.2) is 0 Å². The fourth-order valence-corrected chi connectivity index (χ4v) is 3.20. The molecule has 0 fully saturated rings. The van der Waals surface area contributed by atoms with Gasteiger partial charge in [-0.2, -0.15) is 0 Å². The molecule has 102 valence electrons. The first kappa shape index (κ1) is 16.9. The first-order chi connectivity index (χ1) is 7.82. The third-order valence-corrected chi connectivity index (χ3v) is 5.35. The van der Waals surface area contributed by atoms with E-state index in [9.17, 15) is 4.80 Å². The summed E-state index contributed by atoms with van der Waals surface area (Å²) in [5.41, 5.74) is 0.0476. The molecule has 0 aliphatic heterocycles. The summed E-state index contributed by atoms with van der Waals surface area (Å²) in [7, 11) is -2.21. The van der Waals surface area contributed by atoms with Gasteiger partial charge in [-0.05, 0) is 32.4 Å². The zero-order chi connectivity index (χ0) is 13.5. The highest BCUT2D eigenvalue weighted by Crippen LogP contribution is 2.20. The molecule has 0 saturated heterocycles. The maximum atomic E-state index is 10.3. The molecule has 0 bridgehead atoms. The van der Waals surface area contributed by atoms with Crippen LogP contribution in [0.5, 0.6) is 0 Å². The van der Waals surface area contributed by atoms with Crippen molar-refractivity contribution >= 4 is 8.32 Å². The molecular formula is C14H30O2Si. The van der Waals surface area contributed by atoms with Crippen LogP contribution in [0.4, 0.5) is 0 Å². The molecule has 0 radical (unpaired) electrons. The summed E-state index contributed by atoms with van der Waals surface area (Å²) in [5.74, 6) is 0.333. The van der Waals surface area contributed by atoms with Gasteiger partial charge in [-0.25, -0.2) is 0 Å². The minimum Gasteiger partial charge on any atom is -0.430 e. The van der Waals surface area contributed by atoms with Crippen LogP contribution in [0.2, 0.25) is 13.1 Å². The summed E-state index contributed by atoms with van der Waals surface area (Å²) in [6.07, 6.45) is 6.61. The van der Waals surface area contributed by atoms with E-state index in [1.807, 2.05) is 19.2 Å². The molecule has 3 unspecified atom stereocenters. The van der Waals surface area contributed by atoms with E-state index in [2.05, 4.69) is 27.4 Å². The second kappa shape index (κ2) is 8.06. The molecule has 0 saturated carbocycles. The molecule has 0 aromatic heterocycles. The van der Waals surface area contributed by atoms with E-state index in [1.54, 1.807) is 0 Å². The average molecular weight is 258 g/mol. The van der Waals surface area contributed by atoms with Gasteiger partial charge in [-0.1, -0.05) is 39.2 Å². The fourth-order valence-electron chi connectivity index (χ4n) is 1.74. The smallest absolute Gasteiger partial charge is 0.210 e. The molecule has 1 N–H and O–H groups in total. The molecular weight excluding hydrogens is 228 g/mol. The number of unbranched alkanes of at least 4 members (excludes halogenated alkanes) is 2. The molecule has 0 spiro atoms. The number of ether oxygens (including phenoxy) is 1. The summed E-state index contributed by atoms with van der Waals surface area (Å²) in [6, 6.07) is 0. The number of hydrogen-bond acceptors (Lipinski definition) is 2. The maximum Gasteiger partial charge on any atom is 0.210 e. The molecule has 0 aromatic rings. The Morgan fingerprint density at radius 1 is 1.29 bits per heavy atom. The summed E-state index contributed by atoms with van der Waals surface area (Å²) in [5, 5.41) is 0. The number of hydrogen-bond donors (Lipinski definition) is 1. The second-order valence-corrected chi connectivity index (χ2v) is 9.53. The molecule has 17 heavy (non-hydrogen) atoms. The summed E-state index contributed by atoms with van der Waals surface area (Å²) < 4.78 is 6.05. The predicted molar refractivity (Wildman–Crippen MR) is 77.5 cm³/mol. The van der Waals surface area contributed by atoms with Crippen LogP contribution in [0.15, 0.2) is 12.7 Å². The van der Waals surface area contributed by atoms with Gasteiger partial charge in [0.05, 0.1) is 11.8 Å². The van der Waals surface area contributed by atoms with Crippen molar-refractivity contribution in [3.05, 3.63) is 12.7 Å². The van der Waals surface area contributed by atoms with Crippen LogP contribution >= 0.6 is 0 Å². The van der Waals surface area contributed by atoms with Crippen molar-refractivity contribution in [2.45, 2.75) is 71.4 Å². The van der Waals surface area contributed by atoms with E-state index >= 15 is 0 Å². The second-order valence-electron chi connectivity index (χ2n) is 5.57. The van der Waals surface area contributed by atoms with Gasteiger partial charge in [0.25, 0.3) is 0 Å². The minimum atomic E-state index is -2.21. The van der Waals surface area contributed by atoms with Crippen molar-refractivity contribution in [1.29, 1.82) is 0 Å². The minimum absolute atomic E-state index is 0.0476. The molecule has 0 rings (SSSR count). The summed E-state index contributed by atoms with van der Waals surface area (Å²) in [6.45, 7) is 14.1. The Labute approximate surface area is 108 Å². The number of rotatable bonds is 9. The lowest BCUT2D eigenvalue weighted by atomic mass is 10.1. The molecule has 0 heterocycles. The van der Waals surface area contributed by atoms with Crippen molar-refractivity contribution < 1.29 is 9.53 Å². The standard InChI is InChI=1S/C14H30O2Si/c1-7-9-10-11-14(17(5,6)15)16-13(4)12(3)8-2/h8,12-15H,2,7,9-11H2,1,3-6H3. The molecule has 0 aromatic carbocycles. The highest BCUT2D eigenvalue weighted by Gasteiger charge is 2.32. The predicted octanol–water partition coefficient (Wildman–Crippen LogP) is 3.90. The first-order valence-corrected chi connectivity index (χ1v) is 9.85. The van der Waals surface area contributed by atoms with Gasteiger partial charge in [0.1, 0.15) is 0 Å². The Balaban J connectivity index is 4.33. The Bertz CT molecular complexity index is 211. The lowest BCUT2D eigenvalue weighted by molar-refractivity contribution is 0.00485. The van der Waals surface area contributed by atoms with Gasteiger partial charge in [-0.3, -0.25) is 0 Å². The van der Waals surface area contributed by atoms with E-state index < -0.39 is 8.32 Å². The SMILES string of the molecule is C=CC(C)C(C)OC(CCCCC)[Si](C)(C)O. The van der Waals surface area contributed by atoms with E-state index in [4.69, 9.17) is 4.74 Å². The highest BCUT2D eigenvalue weighted by molar-refractivity contribution is 6.71. The highest BCUT2D eigenvalue weighted by atomic mass is 28.4. The third-order valence-electron chi connectivity index (χ3n) is 3.35. The van der Waals surface area contributed by atoms with E-state index in [-0.39, 0.29) is 11.8 Å². The Morgan fingerprint density at radius 2 is 1.88 bits per heavy atom. The largest absolute Gasteiger partial charge is 0.430 e. The van der Waals surface area contributed by atoms with Crippen molar-refractivity contribution in [3.8, 4) is 0 Å². The van der Waals surface area contributed by atoms with Gasteiger partial charge in [0, 0.05) is 0 Å². The average Bonchev–Trinajstić information content (AvgIpc) is 2.25. The van der Waals surface area contributed by atoms with Crippen LogP contribution in [-0.2, 0) is 4.74 Å². The topological polar surface area (TPSA) is 29.5 Å². The van der Waals surface area contributed by atoms with Gasteiger partial charge < -0.3 is 9.53 Å². The summed E-state index contributed by atoms with van der Waals surface area (Å²) >= 11 is 0. The fraction of sp³-hybridized carbons (Fsp3) is 0.857. The Morgan fingerprint density at radius 3 is 2.29 bits per heavy atom. The zero-order valence-corrected chi connectivity index (χ0v) is 13.2. The Kier molecular flexibility index (Phi) is 8.00. The van der Waals surface area contributed by atoms with E-state index in [0.29, 0.717) is 5.92 Å². The zero-order valence-electron chi connectivity index (χ0n) is 12.2.